The predicted octanol–water partition coefficient (Wildman–Crippen LogP) is 5.01. The fourth-order valence-corrected chi connectivity index (χ4v) is 4.92. The summed E-state index contributed by atoms with van der Waals surface area (Å²) in [6.45, 7) is 0.921. The van der Waals surface area contributed by atoms with Crippen LogP contribution in [0.1, 0.15) is 72.6 Å². The molecule has 0 aliphatic heterocycles. The quantitative estimate of drug-likeness (QED) is 0.288. The molecule has 0 bridgehead atoms. The first-order valence-electron chi connectivity index (χ1n) is 12.0. The van der Waals surface area contributed by atoms with Gasteiger partial charge in [0.25, 0.3) is 5.91 Å². The van der Waals surface area contributed by atoms with E-state index in [0.29, 0.717) is 21.7 Å². The van der Waals surface area contributed by atoms with Gasteiger partial charge in [0.15, 0.2) is 12.4 Å². The number of amides is 2. The standard InChI is InChI=1S/C27H32N2O5S/c1-19(30)21-13-7-9-15-23(21)29-25(31)17-34-27(33)22-14-8-10-16-24(22)35-18-26(32)28-20-11-5-3-2-4-6-12-20/h7-10,13-16,20H,2-6,11-12,17-18H2,1H3,(H,28,32)(H,29,31). The van der Waals surface area contributed by atoms with E-state index in [1.165, 1.54) is 37.9 Å². The highest BCUT2D eigenvalue weighted by atomic mass is 32.2. The fraction of sp³-hybridized carbons (Fsp3) is 0.407. The zero-order valence-electron chi connectivity index (χ0n) is 20.0. The van der Waals surface area contributed by atoms with Gasteiger partial charge in [0.05, 0.1) is 17.0 Å². The van der Waals surface area contributed by atoms with Gasteiger partial charge < -0.3 is 15.4 Å². The van der Waals surface area contributed by atoms with Crippen LogP contribution in [0, 0.1) is 0 Å². The number of carbonyl (C=O) groups excluding carboxylic acids is 4. The lowest BCUT2D eigenvalue weighted by Crippen LogP contribution is -2.36. The summed E-state index contributed by atoms with van der Waals surface area (Å²) in [6.07, 6.45) is 8.02. The van der Waals surface area contributed by atoms with Crippen LogP contribution in [0.4, 0.5) is 5.69 Å². The Balaban J connectivity index is 1.51. The van der Waals surface area contributed by atoms with Gasteiger partial charge in [0.1, 0.15) is 0 Å². The van der Waals surface area contributed by atoms with Crippen LogP contribution in [0.25, 0.3) is 0 Å². The van der Waals surface area contributed by atoms with Crippen molar-refractivity contribution in [3.05, 3.63) is 59.7 Å². The minimum absolute atomic E-state index is 0.0488. The molecule has 2 aromatic rings. The molecule has 0 saturated heterocycles. The third kappa shape index (κ3) is 8.55. The number of carbonyl (C=O) groups is 4. The number of anilines is 1. The number of esters is 1. The Morgan fingerprint density at radius 2 is 1.49 bits per heavy atom. The van der Waals surface area contributed by atoms with Crippen LogP contribution in [-0.2, 0) is 14.3 Å². The Morgan fingerprint density at radius 3 is 2.20 bits per heavy atom. The summed E-state index contributed by atoms with van der Waals surface area (Å²) in [6, 6.07) is 13.7. The Morgan fingerprint density at radius 1 is 0.857 bits per heavy atom. The van der Waals surface area contributed by atoms with Gasteiger partial charge in [0.2, 0.25) is 5.91 Å². The molecule has 0 spiro atoms. The zero-order chi connectivity index (χ0) is 25.0. The van der Waals surface area contributed by atoms with E-state index in [1.54, 1.807) is 48.5 Å². The number of hydrogen-bond acceptors (Lipinski definition) is 6. The minimum Gasteiger partial charge on any atom is -0.452 e. The molecule has 3 rings (SSSR count). The van der Waals surface area contributed by atoms with Gasteiger partial charge in [-0.3, -0.25) is 14.4 Å². The van der Waals surface area contributed by atoms with Crippen molar-refractivity contribution in [3.8, 4) is 0 Å². The van der Waals surface area contributed by atoms with Crippen LogP contribution in [0.5, 0.6) is 0 Å². The second-order valence-electron chi connectivity index (χ2n) is 8.62. The van der Waals surface area contributed by atoms with Gasteiger partial charge in [-0.05, 0) is 44.0 Å². The van der Waals surface area contributed by atoms with E-state index in [2.05, 4.69) is 10.6 Å². The Kier molecular flexibility index (Phi) is 10.3. The lowest BCUT2D eigenvalue weighted by atomic mass is 9.97. The van der Waals surface area contributed by atoms with Crippen molar-refractivity contribution >= 4 is 41.0 Å². The average molecular weight is 497 g/mol. The van der Waals surface area contributed by atoms with E-state index in [-0.39, 0.29) is 23.5 Å². The molecule has 8 heteroatoms. The maximum Gasteiger partial charge on any atom is 0.339 e. The van der Waals surface area contributed by atoms with Crippen LogP contribution < -0.4 is 10.6 Å². The maximum absolute atomic E-state index is 12.7. The maximum atomic E-state index is 12.7. The van der Waals surface area contributed by atoms with Gasteiger partial charge in [-0.15, -0.1) is 11.8 Å². The topological polar surface area (TPSA) is 102 Å². The molecule has 0 heterocycles. The normalized spacial score (nSPS) is 14.3. The molecule has 1 fully saturated rings. The molecule has 7 nitrogen and oxygen atoms in total. The van der Waals surface area contributed by atoms with Crippen LogP contribution in [-0.4, -0.2) is 42.0 Å². The number of thioether (sulfide) groups is 1. The van der Waals surface area contributed by atoms with E-state index in [0.717, 1.165) is 25.7 Å². The molecule has 1 aliphatic carbocycles. The van der Waals surface area contributed by atoms with E-state index < -0.39 is 18.5 Å². The number of nitrogens with one attached hydrogen (secondary N) is 2. The molecule has 35 heavy (non-hydrogen) atoms. The summed E-state index contributed by atoms with van der Waals surface area (Å²) < 4.78 is 5.21. The molecule has 0 aromatic heterocycles. The third-order valence-electron chi connectivity index (χ3n) is 5.85. The molecule has 0 atom stereocenters. The predicted molar refractivity (Wildman–Crippen MR) is 137 cm³/mol. The highest BCUT2D eigenvalue weighted by Crippen LogP contribution is 2.24. The van der Waals surface area contributed by atoms with Gasteiger partial charge in [0, 0.05) is 16.5 Å². The first-order chi connectivity index (χ1) is 16.9. The molecule has 2 aromatic carbocycles. The van der Waals surface area contributed by atoms with Crippen molar-refractivity contribution < 1.29 is 23.9 Å². The van der Waals surface area contributed by atoms with Crippen molar-refractivity contribution in [2.75, 3.05) is 17.7 Å². The molecule has 1 saturated carbocycles. The first-order valence-corrected chi connectivity index (χ1v) is 13.0. The van der Waals surface area contributed by atoms with Crippen molar-refractivity contribution in [3.63, 3.8) is 0 Å². The van der Waals surface area contributed by atoms with Crippen LogP contribution in [0.2, 0.25) is 0 Å². The summed E-state index contributed by atoms with van der Waals surface area (Å²) in [5.41, 5.74) is 1.05. The van der Waals surface area contributed by atoms with E-state index >= 15 is 0 Å². The van der Waals surface area contributed by atoms with Gasteiger partial charge in [-0.2, -0.15) is 0 Å². The molecule has 2 N–H and O–H groups in total. The van der Waals surface area contributed by atoms with Gasteiger partial charge in [-0.25, -0.2) is 4.79 Å². The number of ether oxygens (including phenoxy) is 1. The molecule has 186 valence electrons. The first kappa shape index (κ1) is 26.5. The molecule has 1 aliphatic rings. The summed E-state index contributed by atoms with van der Waals surface area (Å²) in [4.78, 5) is 49.8. The number of ketones is 1. The van der Waals surface area contributed by atoms with Crippen LogP contribution in [0.3, 0.4) is 0 Å². The van der Waals surface area contributed by atoms with E-state index in [4.69, 9.17) is 4.74 Å². The monoisotopic (exact) mass is 496 g/mol. The van der Waals surface area contributed by atoms with E-state index in [9.17, 15) is 19.2 Å². The second kappa shape index (κ2) is 13.7. The number of hydrogen-bond donors (Lipinski definition) is 2. The van der Waals surface area contributed by atoms with Crippen molar-refractivity contribution in [2.24, 2.45) is 0 Å². The third-order valence-corrected chi connectivity index (χ3v) is 6.92. The number of Topliss-reactive ketones (excluding diaryl/α,β-unsaturated/α-hetero) is 1. The fourth-order valence-electron chi connectivity index (χ4n) is 4.07. The number of para-hydroxylation sites is 1. The van der Waals surface area contributed by atoms with Crippen LogP contribution in [0.15, 0.2) is 53.4 Å². The van der Waals surface area contributed by atoms with E-state index in [1.807, 2.05) is 0 Å². The zero-order valence-corrected chi connectivity index (χ0v) is 20.8. The second-order valence-corrected chi connectivity index (χ2v) is 9.64. The highest BCUT2D eigenvalue weighted by Gasteiger charge is 2.18. The summed E-state index contributed by atoms with van der Waals surface area (Å²) in [5, 5.41) is 5.73. The summed E-state index contributed by atoms with van der Waals surface area (Å²) in [5.74, 6) is -1.22. The summed E-state index contributed by atoms with van der Waals surface area (Å²) >= 11 is 1.27. The summed E-state index contributed by atoms with van der Waals surface area (Å²) in [7, 11) is 0. The lowest BCUT2D eigenvalue weighted by Gasteiger charge is -2.21. The molecular formula is C27H32N2O5S. The lowest BCUT2D eigenvalue weighted by molar-refractivity contribution is -0.120. The number of benzene rings is 2. The Labute approximate surface area is 210 Å². The largest absolute Gasteiger partial charge is 0.452 e. The van der Waals surface area contributed by atoms with Crippen molar-refractivity contribution in [1.82, 2.24) is 5.32 Å². The average Bonchev–Trinajstić information content (AvgIpc) is 2.83. The molecule has 0 unspecified atom stereocenters. The van der Waals surface area contributed by atoms with Crippen molar-refractivity contribution in [1.29, 1.82) is 0 Å². The Bertz CT molecular complexity index is 1050. The van der Waals surface area contributed by atoms with Crippen molar-refractivity contribution in [2.45, 2.75) is 62.8 Å². The SMILES string of the molecule is CC(=O)c1ccccc1NC(=O)COC(=O)c1ccccc1SCC(=O)NC1CCCCCCC1. The highest BCUT2D eigenvalue weighted by molar-refractivity contribution is 8.00. The van der Waals surface area contributed by atoms with Gasteiger partial charge >= 0.3 is 5.97 Å². The number of rotatable bonds is 9. The molecule has 2 amide bonds. The molecule has 0 radical (unpaired) electrons. The minimum atomic E-state index is -0.650. The van der Waals surface area contributed by atoms with Crippen LogP contribution >= 0.6 is 11.8 Å². The molecular weight excluding hydrogens is 464 g/mol. The van der Waals surface area contributed by atoms with Gasteiger partial charge in [-0.1, -0.05) is 56.4 Å². The Hall–Kier alpha value is -3.13. The smallest absolute Gasteiger partial charge is 0.339 e.